The number of imide groups is 1. The fourth-order valence-corrected chi connectivity index (χ4v) is 3.59. The standard InChI is InChI=1S/C21H28N4O3/c1-4-5-10-25-20(27)18(16-6-8-17(9-7-16)22-15(2)26)19(21(25)28)24-13-11-23(3)12-14-24/h6-9H,4-5,10-14H2,1-3H3,(H,22,26). The average molecular weight is 384 g/mol. The molecule has 0 aromatic heterocycles. The third kappa shape index (κ3) is 4.09. The molecule has 28 heavy (non-hydrogen) atoms. The van der Waals surface area contributed by atoms with Crippen LogP contribution in [0.25, 0.3) is 5.57 Å². The van der Waals surface area contributed by atoms with Gasteiger partial charge in [-0.05, 0) is 31.2 Å². The third-order valence-corrected chi connectivity index (χ3v) is 5.19. The van der Waals surface area contributed by atoms with E-state index in [2.05, 4.69) is 17.3 Å². The normalized spacial score (nSPS) is 18.2. The number of amides is 3. The Labute approximate surface area is 166 Å². The minimum Gasteiger partial charge on any atom is -0.364 e. The molecule has 7 heteroatoms. The molecule has 0 radical (unpaired) electrons. The third-order valence-electron chi connectivity index (χ3n) is 5.19. The summed E-state index contributed by atoms with van der Waals surface area (Å²) in [5.74, 6) is -0.563. The molecule has 2 aliphatic heterocycles. The molecule has 1 fully saturated rings. The van der Waals surface area contributed by atoms with Gasteiger partial charge in [0.05, 0.1) is 5.57 Å². The Morgan fingerprint density at radius 1 is 1.04 bits per heavy atom. The Kier molecular flexibility index (Phi) is 6.14. The Balaban J connectivity index is 1.96. The van der Waals surface area contributed by atoms with Gasteiger partial charge in [-0.15, -0.1) is 0 Å². The van der Waals surface area contributed by atoms with Crippen molar-refractivity contribution in [2.45, 2.75) is 26.7 Å². The number of hydrogen-bond acceptors (Lipinski definition) is 5. The molecule has 1 aromatic carbocycles. The van der Waals surface area contributed by atoms with Crippen molar-refractivity contribution in [1.82, 2.24) is 14.7 Å². The van der Waals surface area contributed by atoms with Crippen LogP contribution >= 0.6 is 0 Å². The highest BCUT2D eigenvalue weighted by Gasteiger charge is 2.41. The van der Waals surface area contributed by atoms with E-state index < -0.39 is 0 Å². The summed E-state index contributed by atoms with van der Waals surface area (Å²) in [5.41, 5.74) is 2.36. The van der Waals surface area contributed by atoms with E-state index in [-0.39, 0.29) is 17.7 Å². The molecule has 0 unspecified atom stereocenters. The van der Waals surface area contributed by atoms with Gasteiger partial charge >= 0.3 is 0 Å². The molecular formula is C21H28N4O3. The van der Waals surface area contributed by atoms with Crippen molar-refractivity contribution in [3.05, 3.63) is 35.5 Å². The van der Waals surface area contributed by atoms with Gasteiger partial charge in [0.25, 0.3) is 11.8 Å². The molecule has 0 saturated carbocycles. The number of piperazine rings is 1. The van der Waals surface area contributed by atoms with Crippen LogP contribution in [0.4, 0.5) is 5.69 Å². The van der Waals surface area contributed by atoms with Gasteiger partial charge < -0.3 is 15.1 Å². The Hall–Kier alpha value is -2.67. The molecular weight excluding hydrogens is 356 g/mol. The number of unbranched alkanes of at least 4 members (excludes halogenated alkanes) is 1. The van der Waals surface area contributed by atoms with E-state index in [1.54, 1.807) is 24.3 Å². The van der Waals surface area contributed by atoms with Gasteiger partial charge in [-0.1, -0.05) is 25.5 Å². The number of rotatable bonds is 6. The molecule has 0 spiro atoms. The van der Waals surface area contributed by atoms with E-state index >= 15 is 0 Å². The van der Waals surface area contributed by atoms with Gasteiger partial charge in [0.1, 0.15) is 5.70 Å². The van der Waals surface area contributed by atoms with E-state index in [4.69, 9.17) is 0 Å². The molecule has 1 aromatic rings. The van der Waals surface area contributed by atoms with Crippen LogP contribution in [0.1, 0.15) is 32.3 Å². The van der Waals surface area contributed by atoms with Crippen LogP contribution in [0.15, 0.2) is 30.0 Å². The molecule has 0 bridgehead atoms. The predicted molar refractivity (Wildman–Crippen MR) is 108 cm³/mol. The zero-order chi connectivity index (χ0) is 20.3. The molecule has 0 aliphatic carbocycles. The number of hydrogen-bond donors (Lipinski definition) is 1. The maximum Gasteiger partial charge on any atom is 0.277 e. The maximum absolute atomic E-state index is 13.1. The number of nitrogens with one attached hydrogen (secondary N) is 1. The second-order valence-corrected chi connectivity index (χ2v) is 7.39. The fourth-order valence-electron chi connectivity index (χ4n) is 3.59. The lowest BCUT2D eigenvalue weighted by Gasteiger charge is -2.34. The highest BCUT2D eigenvalue weighted by atomic mass is 16.2. The van der Waals surface area contributed by atoms with E-state index in [9.17, 15) is 14.4 Å². The van der Waals surface area contributed by atoms with Crippen molar-refractivity contribution in [3.8, 4) is 0 Å². The summed E-state index contributed by atoms with van der Waals surface area (Å²) in [6.07, 6.45) is 1.71. The van der Waals surface area contributed by atoms with E-state index in [1.807, 2.05) is 11.8 Å². The topological polar surface area (TPSA) is 73.0 Å². The molecule has 0 atom stereocenters. The number of nitrogens with zero attached hydrogens (tertiary/aromatic N) is 3. The minimum atomic E-state index is -0.223. The number of benzene rings is 1. The van der Waals surface area contributed by atoms with Crippen molar-refractivity contribution >= 4 is 29.0 Å². The van der Waals surface area contributed by atoms with Crippen molar-refractivity contribution < 1.29 is 14.4 Å². The van der Waals surface area contributed by atoms with Gasteiger partial charge in [0.2, 0.25) is 5.91 Å². The second kappa shape index (κ2) is 8.56. The molecule has 2 aliphatic rings. The summed E-state index contributed by atoms with van der Waals surface area (Å²) in [6.45, 7) is 7.09. The maximum atomic E-state index is 13.1. The van der Waals surface area contributed by atoms with Gasteiger partial charge in [-0.25, -0.2) is 0 Å². The van der Waals surface area contributed by atoms with E-state index in [0.717, 1.165) is 39.0 Å². The molecule has 1 N–H and O–H groups in total. The van der Waals surface area contributed by atoms with Gasteiger partial charge in [-0.2, -0.15) is 0 Å². The second-order valence-electron chi connectivity index (χ2n) is 7.39. The lowest BCUT2D eigenvalue weighted by Crippen LogP contribution is -2.46. The Bertz CT molecular complexity index is 792. The highest BCUT2D eigenvalue weighted by Crippen LogP contribution is 2.33. The van der Waals surface area contributed by atoms with Crippen LogP contribution in [0.3, 0.4) is 0 Å². The van der Waals surface area contributed by atoms with Gasteiger partial charge in [-0.3, -0.25) is 19.3 Å². The molecule has 7 nitrogen and oxygen atoms in total. The number of likely N-dealkylation sites (N-methyl/N-ethyl adjacent to an activating group) is 1. The first-order chi connectivity index (χ1) is 13.4. The van der Waals surface area contributed by atoms with E-state index in [1.165, 1.54) is 11.8 Å². The summed E-state index contributed by atoms with van der Waals surface area (Å²) in [5, 5.41) is 2.73. The van der Waals surface area contributed by atoms with Crippen molar-refractivity contribution in [2.75, 3.05) is 45.1 Å². The summed E-state index contributed by atoms with van der Waals surface area (Å²) in [6, 6.07) is 7.12. The summed E-state index contributed by atoms with van der Waals surface area (Å²) < 4.78 is 0. The van der Waals surface area contributed by atoms with Crippen LogP contribution < -0.4 is 5.32 Å². The largest absolute Gasteiger partial charge is 0.364 e. The monoisotopic (exact) mass is 384 g/mol. The van der Waals surface area contributed by atoms with Crippen LogP contribution in [-0.4, -0.2) is 72.2 Å². The summed E-state index contributed by atoms with van der Waals surface area (Å²) >= 11 is 0. The Morgan fingerprint density at radius 3 is 2.25 bits per heavy atom. The van der Waals surface area contributed by atoms with Crippen LogP contribution in [-0.2, 0) is 14.4 Å². The van der Waals surface area contributed by atoms with Gasteiger partial charge in [0, 0.05) is 45.3 Å². The molecule has 2 heterocycles. The highest BCUT2D eigenvalue weighted by molar-refractivity contribution is 6.35. The predicted octanol–water partition coefficient (Wildman–Crippen LogP) is 1.77. The molecule has 1 saturated heterocycles. The first-order valence-corrected chi connectivity index (χ1v) is 9.84. The zero-order valence-electron chi connectivity index (χ0n) is 16.8. The fraction of sp³-hybridized carbons (Fsp3) is 0.476. The van der Waals surface area contributed by atoms with Crippen molar-refractivity contribution in [1.29, 1.82) is 0 Å². The average Bonchev–Trinajstić information content (AvgIpc) is 2.91. The van der Waals surface area contributed by atoms with Gasteiger partial charge in [0.15, 0.2) is 0 Å². The molecule has 3 rings (SSSR count). The lowest BCUT2D eigenvalue weighted by molar-refractivity contribution is -0.137. The quantitative estimate of drug-likeness (QED) is 0.757. The van der Waals surface area contributed by atoms with Crippen molar-refractivity contribution in [3.63, 3.8) is 0 Å². The SMILES string of the molecule is CCCCN1C(=O)C(c2ccc(NC(C)=O)cc2)=C(N2CCN(C)CC2)C1=O. The van der Waals surface area contributed by atoms with Crippen molar-refractivity contribution in [2.24, 2.45) is 0 Å². The summed E-state index contributed by atoms with van der Waals surface area (Å²) in [4.78, 5) is 43.2. The Morgan fingerprint density at radius 2 is 1.68 bits per heavy atom. The number of carbonyl (C=O) groups is 3. The smallest absolute Gasteiger partial charge is 0.277 e. The molecule has 3 amide bonds. The first-order valence-electron chi connectivity index (χ1n) is 9.84. The first kappa shape index (κ1) is 20.1. The van der Waals surface area contributed by atoms with Crippen LogP contribution in [0.5, 0.6) is 0 Å². The van der Waals surface area contributed by atoms with Crippen LogP contribution in [0.2, 0.25) is 0 Å². The molecule has 150 valence electrons. The number of carbonyl (C=O) groups excluding carboxylic acids is 3. The summed E-state index contributed by atoms with van der Waals surface area (Å²) in [7, 11) is 2.06. The van der Waals surface area contributed by atoms with E-state index in [0.29, 0.717) is 29.1 Å². The minimum absolute atomic E-state index is 0.150. The number of anilines is 1. The van der Waals surface area contributed by atoms with Crippen LogP contribution in [0, 0.1) is 0 Å². The lowest BCUT2D eigenvalue weighted by atomic mass is 10.0. The zero-order valence-corrected chi connectivity index (χ0v) is 16.8.